The lowest BCUT2D eigenvalue weighted by atomic mass is 10.0. The summed E-state index contributed by atoms with van der Waals surface area (Å²) in [5.41, 5.74) is 5.50. The minimum Gasteiger partial charge on any atom is -0.320 e. The number of fused-ring (bicyclic) bond motifs is 1. The zero-order valence-electron chi connectivity index (χ0n) is 17.2. The summed E-state index contributed by atoms with van der Waals surface area (Å²) in [5, 5.41) is 1.13. The molecule has 2 nitrogen and oxygen atoms in total. The number of aliphatic imine (C=N–C) groups is 1. The van der Waals surface area contributed by atoms with Crippen LogP contribution >= 0.6 is 31.9 Å². The summed E-state index contributed by atoms with van der Waals surface area (Å²) in [7, 11) is 0. The lowest BCUT2D eigenvalue weighted by molar-refractivity contribution is 0.836. The van der Waals surface area contributed by atoms with Gasteiger partial charge in [0.2, 0.25) is 0 Å². The Labute approximate surface area is 204 Å². The van der Waals surface area contributed by atoms with Gasteiger partial charge in [-0.1, -0.05) is 107 Å². The monoisotopic (exact) mass is 542 g/mol. The number of nitrogens with zero attached hydrogens (tertiary/aromatic N) is 2. The second-order valence-electron chi connectivity index (χ2n) is 7.56. The molecule has 5 aromatic rings. The Bertz CT molecular complexity index is 1350. The smallest absolute Gasteiger partial charge is 0.149 e. The summed E-state index contributed by atoms with van der Waals surface area (Å²) in [4.78, 5) is 5.28. The van der Waals surface area contributed by atoms with E-state index in [0.29, 0.717) is 0 Å². The molecule has 0 amide bonds. The lowest BCUT2D eigenvalue weighted by Crippen LogP contribution is -2.05. The molecule has 1 aromatic heterocycles. The van der Waals surface area contributed by atoms with Gasteiger partial charge in [0, 0.05) is 27.5 Å². The third-order valence-corrected chi connectivity index (χ3v) is 6.71. The molecule has 32 heavy (non-hydrogen) atoms. The highest BCUT2D eigenvalue weighted by atomic mass is 79.9. The number of rotatable bonds is 5. The first-order valence-corrected chi connectivity index (χ1v) is 12.0. The van der Waals surface area contributed by atoms with E-state index < -0.39 is 0 Å². The maximum atomic E-state index is 5.28. The van der Waals surface area contributed by atoms with E-state index in [-0.39, 0.29) is 0 Å². The highest BCUT2D eigenvalue weighted by Gasteiger charge is 2.18. The van der Waals surface area contributed by atoms with Gasteiger partial charge in [-0.15, -0.1) is 0 Å². The Balaban J connectivity index is 1.77. The summed E-state index contributed by atoms with van der Waals surface area (Å²) in [6.07, 6.45) is 0. The van der Waals surface area contributed by atoms with Crippen LogP contribution in [0, 0.1) is 0 Å². The van der Waals surface area contributed by atoms with Gasteiger partial charge in [0.25, 0.3) is 0 Å². The number of hydrogen-bond acceptors (Lipinski definition) is 1. The average molecular weight is 544 g/mol. The van der Waals surface area contributed by atoms with E-state index in [1.807, 2.05) is 18.2 Å². The molecular formula is C28H20Br2N2. The molecule has 0 fully saturated rings. The van der Waals surface area contributed by atoms with Gasteiger partial charge in [0.15, 0.2) is 0 Å². The zero-order valence-corrected chi connectivity index (χ0v) is 20.4. The molecule has 0 saturated carbocycles. The van der Waals surface area contributed by atoms with Gasteiger partial charge >= 0.3 is 0 Å². The minimum atomic E-state index is 0.736. The molecule has 1 heterocycles. The van der Waals surface area contributed by atoms with Gasteiger partial charge < -0.3 is 4.57 Å². The van der Waals surface area contributed by atoms with Crippen molar-refractivity contribution in [1.29, 1.82) is 0 Å². The van der Waals surface area contributed by atoms with Crippen LogP contribution in [0.5, 0.6) is 0 Å². The number of hydrogen-bond donors (Lipinski definition) is 0. The summed E-state index contributed by atoms with van der Waals surface area (Å²) in [6, 6.07) is 37.6. The largest absolute Gasteiger partial charge is 0.320 e. The standard InChI is InChI=1S/C28H20Br2N2/c29-23-16-17-25-24(18-23)26(30)28(32(25)19-20-10-4-1-5-11-20)31-27(21-12-6-2-7-13-21)22-14-8-3-9-15-22/h1-18H,19H2. The molecule has 0 unspecified atom stereocenters. The molecule has 5 rings (SSSR count). The highest BCUT2D eigenvalue weighted by Crippen LogP contribution is 2.39. The maximum absolute atomic E-state index is 5.28. The fraction of sp³-hybridized carbons (Fsp3) is 0.0357. The normalized spacial score (nSPS) is 10.9. The van der Waals surface area contributed by atoms with Gasteiger partial charge in [-0.2, -0.15) is 0 Å². The molecule has 0 spiro atoms. The Morgan fingerprint density at radius 3 is 1.84 bits per heavy atom. The highest BCUT2D eigenvalue weighted by molar-refractivity contribution is 9.11. The molecule has 0 atom stereocenters. The first-order chi connectivity index (χ1) is 15.7. The molecule has 0 aliphatic heterocycles. The van der Waals surface area contributed by atoms with Crippen LogP contribution < -0.4 is 0 Å². The van der Waals surface area contributed by atoms with Crippen LogP contribution in [0.4, 0.5) is 5.82 Å². The molecule has 156 valence electrons. The van der Waals surface area contributed by atoms with Crippen LogP contribution in [-0.2, 0) is 6.54 Å². The summed E-state index contributed by atoms with van der Waals surface area (Å²) >= 11 is 7.50. The Hall–Kier alpha value is -2.95. The van der Waals surface area contributed by atoms with Crippen molar-refractivity contribution in [3.05, 3.63) is 135 Å². The second-order valence-corrected chi connectivity index (χ2v) is 9.27. The summed E-state index contributed by atoms with van der Waals surface area (Å²) in [5.74, 6) is 0.907. The molecular weight excluding hydrogens is 524 g/mol. The number of benzene rings is 4. The Morgan fingerprint density at radius 2 is 1.25 bits per heavy atom. The Kier molecular flexibility index (Phi) is 6.06. The quantitative estimate of drug-likeness (QED) is 0.198. The SMILES string of the molecule is Brc1ccc2c(c1)c(Br)c(N=C(c1ccccc1)c1ccccc1)n2Cc1ccccc1. The first kappa shape index (κ1) is 20.9. The van der Waals surface area contributed by atoms with Gasteiger partial charge in [0.1, 0.15) is 5.82 Å². The van der Waals surface area contributed by atoms with Crippen molar-refractivity contribution in [2.24, 2.45) is 4.99 Å². The van der Waals surface area contributed by atoms with Crippen LogP contribution in [-0.4, -0.2) is 10.3 Å². The van der Waals surface area contributed by atoms with E-state index in [2.05, 4.69) is 127 Å². The van der Waals surface area contributed by atoms with Crippen LogP contribution in [0.25, 0.3) is 10.9 Å². The van der Waals surface area contributed by atoms with Gasteiger partial charge in [-0.25, -0.2) is 4.99 Å². The summed E-state index contributed by atoms with van der Waals surface area (Å²) < 4.78 is 4.33. The zero-order chi connectivity index (χ0) is 21.9. The topological polar surface area (TPSA) is 17.3 Å². The van der Waals surface area contributed by atoms with E-state index in [9.17, 15) is 0 Å². The fourth-order valence-electron chi connectivity index (χ4n) is 3.90. The van der Waals surface area contributed by atoms with Crippen molar-refractivity contribution in [3.63, 3.8) is 0 Å². The predicted molar refractivity (Wildman–Crippen MR) is 141 cm³/mol. The number of halogens is 2. The van der Waals surface area contributed by atoms with Crippen molar-refractivity contribution in [2.75, 3.05) is 0 Å². The molecule has 4 aromatic carbocycles. The molecule has 0 aliphatic rings. The average Bonchev–Trinajstić information content (AvgIpc) is 3.09. The van der Waals surface area contributed by atoms with Crippen molar-refractivity contribution in [1.82, 2.24) is 4.57 Å². The van der Waals surface area contributed by atoms with Crippen LogP contribution in [0.1, 0.15) is 16.7 Å². The van der Waals surface area contributed by atoms with Gasteiger partial charge in [-0.05, 0) is 39.7 Å². The van der Waals surface area contributed by atoms with Crippen molar-refractivity contribution in [3.8, 4) is 0 Å². The Morgan fingerprint density at radius 1 is 0.688 bits per heavy atom. The predicted octanol–water partition coefficient (Wildman–Crippen LogP) is 8.38. The van der Waals surface area contributed by atoms with Crippen molar-refractivity contribution in [2.45, 2.75) is 6.54 Å². The molecule has 0 radical (unpaired) electrons. The minimum absolute atomic E-state index is 0.736. The molecule has 4 heteroatoms. The third kappa shape index (κ3) is 4.21. The molecule has 0 N–H and O–H groups in total. The van der Waals surface area contributed by atoms with Crippen LogP contribution in [0.3, 0.4) is 0 Å². The second kappa shape index (κ2) is 9.27. The molecule has 0 bridgehead atoms. The lowest BCUT2D eigenvalue weighted by Gasteiger charge is -2.12. The summed E-state index contributed by atoms with van der Waals surface area (Å²) in [6.45, 7) is 0.736. The van der Waals surface area contributed by atoms with Gasteiger partial charge in [0.05, 0.1) is 15.7 Å². The van der Waals surface area contributed by atoms with E-state index in [1.54, 1.807) is 0 Å². The third-order valence-electron chi connectivity index (χ3n) is 5.43. The van der Waals surface area contributed by atoms with Gasteiger partial charge in [-0.3, -0.25) is 0 Å². The first-order valence-electron chi connectivity index (χ1n) is 10.4. The van der Waals surface area contributed by atoms with Crippen LogP contribution in [0.2, 0.25) is 0 Å². The van der Waals surface area contributed by atoms with Crippen LogP contribution in [0.15, 0.2) is 123 Å². The van der Waals surface area contributed by atoms with Crippen molar-refractivity contribution < 1.29 is 0 Å². The number of aromatic nitrogens is 1. The van der Waals surface area contributed by atoms with Crippen molar-refractivity contribution >= 4 is 54.3 Å². The van der Waals surface area contributed by atoms with E-state index in [1.165, 1.54) is 5.56 Å². The molecule has 0 aliphatic carbocycles. The van der Waals surface area contributed by atoms with E-state index >= 15 is 0 Å². The van der Waals surface area contributed by atoms with E-state index in [4.69, 9.17) is 4.99 Å². The fourth-order valence-corrected chi connectivity index (χ4v) is 4.88. The molecule has 0 saturated heterocycles. The maximum Gasteiger partial charge on any atom is 0.149 e. The van der Waals surface area contributed by atoms with E-state index in [0.717, 1.165) is 49.0 Å².